The van der Waals surface area contributed by atoms with Crippen LogP contribution in [0.3, 0.4) is 0 Å². The summed E-state index contributed by atoms with van der Waals surface area (Å²) < 4.78 is 5.55. The maximum Gasteiger partial charge on any atom is 0.242 e. The Bertz CT molecular complexity index is 447. The molecular weight excluding hydrogens is 264 g/mol. The summed E-state index contributed by atoms with van der Waals surface area (Å²) in [5.74, 6) is 0.857. The molecule has 2 rings (SSSR count). The Kier molecular flexibility index (Phi) is 5.20. The van der Waals surface area contributed by atoms with Gasteiger partial charge in [-0.15, -0.1) is 12.4 Å². The molecule has 0 heterocycles. The van der Waals surface area contributed by atoms with Gasteiger partial charge in [-0.25, -0.2) is 0 Å². The zero-order chi connectivity index (χ0) is 13.2. The molecule has 0 aromatic heterocycles. The predicted octanol–water partition coefficient (Wildman–Crippen LogP) is 1.96. The van der Waals surface area contributed by atoms with Gasteiger partial charge in [0.15, 0.2) is 0 Å². The number of amides is 1. The first-order valence-corrected chi connectivity index (χ1v) is 6.32. The van der Waals surface area contributed by atoms with Crippen molar-refractivity contribution in [2.75, 3.05) is 13.7 Å². The summed E-state index contributed by atoms with van der Waals surface area (Å²) in [5, 5.41) is 0. The molecule has 2 N–H and O–H groups in total. The first-order chi connectivity index (χ1) is 8.57. The zero-order valence-electron chi connectivity index (χ0n) is 11.4. The van der Waals surface area contributed by atoms with E-state index in [4.69, 9.17) is 10.5 Å². The highest BCUT2D eigenvalue weighted by atomic mass is 35.5. The van der Waals surface area contributed by atoms with E-state index in [0.29, 0.717) is 13.2 Å². The lowest BCUT2D eigenvalue weighted by Gasteiger charge is -2.22. The van der Waals surface area contributed by atoms with E-state index in [1.54, 1.807) is 11.9 Å². The van der Waals surface area contributed by atoms with Gasteiger partial charge in [0.1, 0.15) is 5.75 Å². The third-order valence-corrected chi connectivity index (χ3v) is 3.24. The monoisotopic (exact) mass is 284 g/mol. The van der Waals surface area contributed by atoms with Gasteiger partial charge in [0, 0.05) is 19.2 Å². The molecule has 106 valence electrons. The number of hydrogen-bond donors (Lipinski definition) is 1. The summed E-state index contributed by atoms with van der Waals surface area (Å²) in [6.45, 7) is 3.11. The second-order valence-electron chi connectivity index (χ2n) is 4.86. The van der Waals surface area contributed by atoms with Gasteiger partial charge in [0.05, 0.1) is 12.1 Å². The van der Waals surface area contributed by atoms with Crippen LogP contribution in [0, 0.1) is 0 Å². The summed E-state index contributed by atoms with van der Waals surface area (Å²) >= 11 is 0. The quantitative estimate of drug-likeness (QED) is 0.899. The fourth-order valence-electron chi connectivity index (χ4n) is 1.99. The van der Waals surface area contributed by atoms with Crippen LogP contribution in [0.25, 0.3) is 0 Å². The van der Waals surface area contributed by atoms with Crippen LogP contribution in [0.2, 0.25) is 0 Å². The van der Waals surface area contributed by atoms with Crippen molar-refractivity contribution in [2.45, 2.75) is 31.8 Å². The molecule has 0 saturated heterocycles. The van der Waals surface area contributed by atoms with E-state index in [1.165, 1.54) is 0 Å². The van der Waals surface area contributed by atoms with Gasteiger partial charge >= 0.3 is 0 Å². The van der Waals surface area contributed by atoms with Gasteiger partial charge in [-0.2, -0.15) is 0 Å². The van der Waals surface area contributed by atoms with Crippen molar-refractivity contribution in [2.24, 2.45) is 5.73 Å². The summed E-state index contributed by atoms with van der Waals surface area (Å²) in [6, 6.07) is 7.78. The van der Waals surface area contributed by atoms with E-state index in [0.717, 1.165) is 24.2 Å². The van der Waals surface area contributed by atoms with Crippen molar-refractivity contribution in [1.82, 2.24) is 4.90 Å². The third-order valence-electron chi connectivity index (χ3n) is 3.24. The fraction of sp³-hybridized carbons (Fsp3) is 0.500. The SMILES string of the molecule is CCOc1ccccc1CN(C)C(=O)C1(N)CC1.Cl. The number of ether oxygens (including phenoxy) is 1. The van der Waals surface area contributed by atoms with Crippen LogP contribution < -0.4 is 10.5 Å². The lowest BCUT2D eigenvalue weighted by Crippen LogP contribution is -2.43. The number of likely N-dealkylation sites (N-methyl/N-ethyl adjacent to an activating group) is 1. The number of carbonyl (C=O) groups is 1. The Morgan fingerprint density at radius 3 is 2.63 bits per heavy atom. The maximum atomic E-state index is 12.1. The van der Waals surface area contributed by atoms with E-state index in [2.05, 4.69) is 0 Å². The van der Waals surface area contributed by atoms with Crippen LogP contribution in [0.5, 0.6) is 5.75 Å². The smallest absolute Gasteiger partial charge is 0.242 e. The maximum absolute atomic E-state index is 12.1. The van der Waals surface area contributed by atoms with Crippen molar-refractivity contribution in [1.29, 1.82) is 0 Å². The highest BCUT2D eigenvalue weighted by Crippen LogP contribution is 2.34. The number of carbonyl (C=O) groups excluding carboxylic acids is 1. The summed E-state index contributed by atoms with van der Waals surface area (Å²) in [5.41, 5.74) is 6.33. The number of hydrogen-bond acceptors (Lipinski definition) is 3. The molecule has 0 unspecified atom stereocenters. The normalized spacial score (nSPS) is 15.3. The molecule has 1 aliphatic rings. The van der Waals surface area contributed by atoms with Crippen LogP contribution in [0.15, 0.2) is 24.3 Å². The van der Waals surface area contributed by atoms with Gasteiger partial charge in [0.25, 0.3) is 0 Å². The molecule has 4 nitrogen and oxygen atoms in total. The number of para-hydroxylation sites is 1. The van der Waals surface area contributed by atoms with Crippen molar-refractivity contribution >= 4 is 18.3 Å². The average molecular weight is 285 g/mol. The minimum atomic E-state index is -0.602. The Morgan fingerprint density at radius 1 is 1.42 bits per heavy atom. The molecule has 1 aliphatic carbocycles. The molecule has 0 atom stereocenters. The molecule has 19 heavy (non-hydrogen) atoms. The molecule has 0 spiro atoms. The van der Waals surface area contributed by atoms with Gasteiger partial charge in [0.2, 0.25) is 5.91 Å². The van der Waals surface area contributed by atoms with Gasteiger partial charge in [-0.3, -0.25) is 4.79 Å². The topological polar surface area (TPSA) is 55.6 Å². The molecule has 1 aromatic rings. The van der Waals surface area contributed by atoms with Crippen LogP contribution in [0.4, 0.5) is 0 Å². The minimum absolute atomic E-state index is 0. The highest BCUT2D eigenvalue weighted by molar-refractivity contribution is 5.88. The zero-order valence-corrected chi connectivity index (χ0v) is 12.2. The number of rotatable bonds is 5. The van der Waals surface area contributed by atoms with Crippen LogP contribution in [0.1, 0.15) is 25.3 Å². The Labute approximate surface area is 120 Å². The van der Waals surface area contributed by atoms with Crippen molar-refractivity contribution in [3.05, 3.63) is 29.8 Å². The largest absolute Gasteiger partial charge is 0.494 e. The van der Waals surface area contributed by atoms with E-state index >= 15 is 0 Å². The minimum Gasteiger partial charge on any atom is -0.494 e. The van der Waals surface area contributed by atoms with Gasteiger partial charge < -0.3 is 15.4 Å². The summed E-state index contributed by atoms with van der Waals surface area (Å²) in [6.07, 6.45) is 1.59. The second-order valence-corrected chi connectivity index (χ2v) is 4.86. The predicted molar refractivity (Wildman–Crippen MR) is 77.5 cm³/mol. The lowest BCUT2D eigenvalue weighted by atomic mass is 10.1. The first-order valence-electron chi connectivity index (χ1n) is 6.32. The number of nitrogens with zero attached hydrogens (tertiary/aromatic N) is 1. The van der Waals surface area contributed by atoms with Gasteiger partial charge in [-0.1, -0.05) is 18.2 Å². The van der Waals surface area contributed by atoms with Crippen LogP contribution in [-0.4, -0.2) is 30.0 Å². The van der Waals surface area contributed by atoms with Crippen LogP contribution >= 0.6 is 12.4 Å². The molecule has 1 amide bonds. The molecular formula is C14H21ClN2O2. The second kappa shape index (κ2) is 6.26. The molecule has 1 saturated carbocycles. The van der Waals surface area contributed by atoms with Gasteiger partial charge in [-0.05, 0) is 25.8 Å². The Balaban J connectivity index is 0.00000180. The average Bonchev–Trinajstić information content (AvgIpc) is 3.10. The van der Waals surface area contributed by atoms with Crippen molar-refractivity contribution in [3.8, 4) is 5.75 Å². The van der Waals surface area contributed by atoms with E-state index in [1.807, 2.05) is 31.2 Å². The fourth-order valence-corrected chi connectivity index (χ4v) is 1.99. The molecule has 0 bridgehead atoms. The molecule has 5 heteroatoms. The summed E-state index contributed by atoms with van der Waals surface area (Å²) in [7, 11) is 1.79. The van der Waals surface area contributed by atoms with Crippen molar-refractivity contribution < 1.29 is 9.53 Å². The lowest BCUT2D eigenvalue weighted by molar-refractivity contribution is -0.132. The Hall–Kier alpha value is -1.26. The van der Waals surface area contributed by atoms with E-state index in [9.17, 15) is 4.79 Å². The Morgan fingerprint density at radius 2 is 2.05 bits per heavy atom. The first kappa shape index (κ1) is 15.8. The molecule has 0 aliphatic heterocycles. The van der Waals surface area contributed by atoms with E-state index in [-0.39, 0.29) is 18.3 Å². The summed E-state index contributed by atoms with van der Waals surface area (Å²) in [4.78, 5) is 13.7. The highest BCUT2D eigenvalue weighted by Gasteiger charge is 2.47. The molecule has 1 aromatic carbocycles. The standard InChI is InChI=1S/C14H20N2O2.ClH/c1-3-18-12-7-5-4-6-11(12)10-16(2)13(17)14(15)8-9-14;/h4-7H,3,8-10,15H2,1-2H3;1H. The van der Waals surface area contributed by atoms with Crippen molar-refractivity contribution in [3.63, 3.8) is 0 Å². The van der Waals surface area contributed by atoms with E-state index < -0.39 is 5.54 Å². The van der Waals surface area contributed by atoms with Crippen LogP contribution in [-0.2, 0) is 11.3 Å². The number of halogens is 1. The number of nitrogens with two attached hydrogens (primary N) is 1. The molecule has 1 fully saturated rings. The number of benzene rings is 1. The molecule has 0 radical (unpaired) electrons. The third kappa shape index (κ3) is 3.61.